The molecular formula is C15H13N3O5S. The molecule has 0 unspecified atom stereocenters. The van der Waals surface area contributed by atoms with Gasteiger partial charge < -0.3 is 4.74 Å². The zero-order chi connectivity index (χ0) is 17.7. The van der Waals surface area contributed by atoms with Crippen molar-refractivity contribution in [1.29, 1.82) is 0 Å². The molecule has 8 nitrogen and oxygen atoms in total. The highest BCUT2D eigenvalue weighted by Crippen LogP contribution is 2.23. The largest absolute Gasteiger partial charge is 0.465 e. The lowest BCUT2D eigenvalue weighted by Gasteiger charge is -1.97. The number of thiazole rings is 1. The van der Waals surface area contributed by atoms with E-state index in [4.69, 9.17) is 0 Å². The fourth-order valence-electron chi connectivity index (χ4n) is 1.84. The van der Waals surface area contributed by atoms with E-state index in [1.165, 1.54) is 25.3 Å². The van der Waals surface area contributed by atoms with Crippen LogP contribution in [0, 0.1) is 17.0 Å². The van der Waals surface area contributed by atoms with Crippen molar-refractivity contribution in [2.24, 2.45) is 0 Å². The Morgan fingerprint density at radius 3 is 2.75 bits per heavy atom. The molecule has 0 aliphatic rings. The van der Waals surface area contributed by atoms with Gasteiger partial charge in [0.2, 0.25) is 5.91 Å². The number of hydrogen-bond donors (Lipinski definition) is 1. The molecule has 1 aromatic carbocycles. The quantitative estimate of drug-likeness (QED) is 0.385. The van der Waals surface area contributed by atoms with E-state index < -0.39 is 16.8 Å². The van der Waals surface area contributed by atoms with Crippen molar-refractivity contribution < 1.29 is 19.2 Å². The average Bonchev–Trinajstić information content (AvgIpc) is 2.92. The molecule has 0 aliphatic heterocycles. The molecule has 0 spiro atoms. The molecule has 24 heavy (non-hydrogen) atoms. The summed E-state index contributed by atoms with van der Waals surface area (Å²) in [6.45, 7) is 1.63. The van der Waals surface area contributed by atoms with Crippen LogP contribution in [0.15, 0.2) is 30.3 Å². The van der Waals surface area contributed by atoms with Gasteiger partial charge in [0, 0.05) is 12.1 Å². The first-order chi connectivity index (χ1) is 11.4. The summed E-state index contributed by atoms with van der Waals surface area (Å²) in [6, 6.07) is 6.06. The van der Waals surface area contributed by atoms with Gasteiger partial charge in [0.15, 0.2) is 5.13 Å². The summed E-state index contributed by atoms with van der Waals surface area (Å²) in [5.41, 5.74) is 0.660. The van der Waals surface area contributed by atoms with E-state index in [0.717, 1.165) is 17.4 Å². The summed E-state index contributed by atoms with van der Waals surface area (Å²) >= 11 is 0.991. The fraction of sp³-hybridized carbons (Fsp3) is 0.133. The van der Waals surface area contributed by atoms with E-state index >= 15 is 0 Å². The number of carbonyl (C=O) groups excluding carboxylic acids is 2. The van der Waals surface area contributed by atoms with Crippen LogP contribution in [0.5, 0.6) is 0 Å². The number of rotatable bonds is 5. The van der Waals surface area contributed by atoms with E-state index in [9.17, 15) is 19.7 Å². The monoisotopic (exact) mass is 347 g/mol. The third-order valence-electron chi connectivity index (χ3n) is 2.95. The number of anilines is 1. The molecule has 2 rings (SSSR count). The van der Waals surface area contributed by atoms with Gasteiger partial charge >= 0.3 is 5.97 Å². The van der Waals surface area contributed by atoms with Gasteiger partial charge in [0.25, 0.3) is 5.69 Å². The number of aromatic nitrogens is 1. The summed E-state index contributed by atoms with van der Waals surface area (Å²) in [7, 11) is 1.26. The van der Waals surface area contributed by atoms with Crippen molar-refractivity contribution in [1.82, 2.24) is 4.98 Å². The van der Waals surface area contributed by atoms with E-state index in [-0.39, 0.29) is 10.8 Å². The van der Waals surface area contributed by atoms with Crippen LogP contribution in [0.1, 0.15) is 20.9 Å². The van der Waals surface area contributed by atoms with Gasteiger partial charge in [-0.25, -0.2) is 9.78 Å². The Labute approximate surface area is 140 Å². The minimum absolute atomic E-state index is 0.0976. The minimum atomic E-state index is -0.527. The Morgan fingerprint density at radius 1 is 1.38 bits per heavy atom. The summed E-state index contributed by atoms with van der Waals surface area (Å²) in [5.74, 6) is -1.04. The number of para-hydroxylation sites is 1. The number of carbonyl (C=O) groups is 2. The number of aryl methyl sites for hydroxylation is 1. The maximum Gasteiger partial charge on any atom is 0.350 e. The predicted octanol–water partition coefficient (Wildman–Crippen LogP) is 2.80. The smallest absolute Gasteiger partial charge is 0.350 e. The molecule has 0 fully saturated rings. The third-order valence-corrected chi connectivity index (χ3v) is 4.00. The maximum atomic E-state index is 11.9. The molecule has 1 amide bonds. The predicted molar refractivity (Wildman–Crippen MR) is 89.0 cm³/mol. The number of methoxy groups -OCH3 is 1. The van der Waals surface area contributed by atoms with Crippen molar-refractivity contribution in [2.75, 3.05) is 12.4 Å². The van der Waals surface area contributed by atoms with Crippen LogP contribution in [0.4, 0.5) is 10.8 Å². The molecule has 0 bridgehead atoms. The SMILES string of the molecule is COC(=O)c1sc(NC(=O)/C=C/c2ccccc2[N+](=O)[O-])nc1C. The number of esters is 1. The Bertz CT molecular complexity index is 828. The Kier molecular flexibility index (Phi) is 5.38. The topological polar surface area (TPSA) is 111 Å². The Balaban J connectivity index is 2.12. The number of nitrogens with one attached hydrogen (secondary N) is 1. The lowest BCUT2D eigenvalue weighted by molar-refractivity contribution is -0.385. The van der Waals surface area contributed by atoms with E-state index in [2.05, 4.69) is 15.0 Å². The van der Waals surface area contributed by atoms with Crippen LogP contribution in [-0.2, 0) is 9.53 Å². The number of ether oxygens (including phenoxy) is 1. The molecule has 2 aromatic rings. The molecule has 124 valence electrons. The van der Waals surface area contributed by atoms with Gasteiger partial charge in [-0.1, -0.05) is 23.5 Å². The molecule has 9 heteroatoms. The van der Waals surface area contributed by atoms with Gasteiger partial charge in [-0.2, -0.15) is 0 Å². The van der Waals surface area contributed by atoms with Gasteiger partial charge in [-0.05, 0) is 19.1 Å². The number of nitro benzene ring substituents is 1. The van der Waals surface area contributed by atoms with E-state index in [0.29, 0.717) is 16.1 Å². The lowest BCUT2D eigenvalue weighted by atomic mass is 10.1. The first kappa shape index (κ1) is 17.3. The molecule has 1 aromatic heterocycles. The summed E-state index contributed by atoms with van der Waals surface area (Å²) in [6.07, 6.45) is 2.51. The summed E-state index contributed by atoms with van der Waals surface area (Å²) in [4.78, 5) is 38.2. The lowest BCUT2D eigenvalue weighted by Crippen LogP contribution is -2.07. The Morgan fingerprint density at radius 2 is 2.08 bits per heavy atom. The molecule has 0 saturated heterocycles. The highest BCUT2D eigenvalue weighted by atomic mass is 32.1. The van der Waals surface area contributed by atoms with Gasteiger partial charge in [0.1, 0.15) is 4.88 Å². The number of hydrogen-bond acceptors (Lipinski definition) is 7. The molecule has 0 saturated carbocycles. The highest BCUT2D eigenvalue weighted by molar-refractivity contribution is 7.17. The van der Waals surface area contributed by atoms with Gasteiger partial charge in [0.05, 0.1) is 23.3 Å². The van der Waals surface area contributed by atoms with Crippen molar-refractivity contribution in [3.05, 3.63) is 56.6 Å². The standard InChI is InChI=1S/C15H13N3O5S/c1-9-13(14(20)23-2)24-15(16-9)17-12(19)8-7-10-5-3-4-6-11(10)18(21)22/h3-8H,1-2H3,(H,16,17,19)/b8-7+. The number of amides is 1. The summed E-state index contributed by atoms with van der Waals surface area (Å²) < 4.78 is 4.62. The second-order valence-corrected chi connectivity index (χ2v) is 5.56. The fourth-order valence-corrected chi connectivity index (χ4v) is 2.73. The van der Waals surface area contributed by atoms with Gasteiger partial charge in [-0.3, -0.25) is 20.2 Å². The molecular weight excluding hydrogens is 334 g/mol. The van der Waals surface area contributed by atoms with E-state index in [1.807, 2.05) is 0 Å². The van der Waals surface area contributed by atoms with Crippen molar-refractivity contribution >= 4 is 40.1 Å². The number of benzene rings is 1. The van der Waals surface area contributed by atoms with Crippen molar-refractivity contribution in [2.45, 2.75) is 6.92 Å². The average molecular weight is 347 g/mol. The first-order valence-corrected chi connectivity index (χ1v) is 7.52. The highest BCUT2D eigenvalue weighted by Gasteiger charge is 2.16. The molecule has 0 aliphatic carbocycles. The molecule has 1 N–H and O–H groups in total. The maximum absolute atomic E-state index is 11.9. The third kappa shape index (κ3) is 4.02. The van der Waals surface area contributed by atoms with Crippen LogP contribution in [0.25, 0.3) is 6.08 Å². The van der Waals surface area contributed by atoms with Crippen LogP contribution < -0.4 is 5.32 Å². The van der Waals surface area contributed by atoms with Crippen molar-refractivity contribution in [3.8, 4) is 0 Å². The summed E-state index contributed by atoms with van der Waals surface area (Å²) in [5, 5.41) is 13.7. The number of nitrogens with zero attached hydrogens (tertiary/aromatic N) is 2. The van der Waals surface area contributed by atoms with Crippen LogP contribution in [-0.4, -0.2) is 28.9 Å². The van der Waals surface area contributed by atoms with Crippen LogP contribution >= 0.6 is 11.3 Å². The van der Waals surface area contributed by atoms with Gasteiger partial charge in [-0.15, -0.1) is 0 Å². The zero-order valence-electron chi connectivity index (χ0n) is 12.8. The first-order valence-electron chi connectivity index (χ1n) is 6.70. The second kappa shape index (κ2) is 7.47. The molecule has 1 heterocycles. The van der Waals surface area contributed by atoms with E-state index in [1.54, 1.807) is 19.1 Å². The molecule has 0 atom stereocenters. The van der Waals surface area contributed by atoms with Crippen molar-refractivity contribution in [3.63, 3.8) is 0 Å². The minimum Gasteiger partial charge on any atom is -0.465 e. The zero-order valence-corrected chi connectivity index (χ0v) is 13.6. The number of nitro groups is 1. The van der Waals surface area contributed by atoms with Crippen LogP contribution in [0.3, 0.4) is 0 Å². The Hall–Kier alpha value is -3.07. The second-order valence-electron chi connectivity index (χ2n) is 4.56. The van der Waals surface area contributed by atoms with Crippen LogP contribution in [0.2, 0.25) is 0 Å². The normalized spacial score (nSPS) is 10.6. The molecule has 0 radical (unpaired) electrons.